The van der Waals surface area contributed by atoms with Crippen LogP contribution in [0, 0.1) is 0 Å². The SMILES string of the molecule is CCNc1cc(C(=O)N[C@@H](Cc2ccccc2)[C@@H](O)CNCc2cccc(C(F)(F)F)c2)cc(N2CCCCS2(O)O)c1OC. The third kappa shape index (κ3) is 9.04. The van der Waals surface area contributed by atoms with E-state index in [-0.39, 0.29) is 30.8 Å². The maximum Gasteiger partial charge on any atom is 0.416 e. The Bertz CT molecular complexity index is 1430. The number of alkyl halides is 3. The van der Waals surface area contributed by atoms with Gasteiger partial charge in [-0.2, -0.15) is 13.2 Å². The maximum absolute atomic E-state index is 13.8. The number of halogens is 3. The van der Waals surface area contributed by atoms with Gasteiger partial charge in [-0.05, 0) is 55.5 Å². The Balaban J connectivity index is 1.57. The average Bonchev–Trinajstić information content (AvgIpc) is 3.00. The van der Waals surface area contributed by atoms with E-state index >= 15 is 0 Å². The number of anilines is 2. The first-order valence-corrected chi connectivity index (χ1v) is 16.5. The number of methoxy groups -OCH3 is 1. The molecular formula is C32H41F3N4O5S. The molecule has 1 amide bonds. The van der Waals surface area contributed by atoms with Gasteiger partial charge >= 0.3 is 6.18 Å². The normalized spacial score (nSPS) is 16.8. The molecule has 0 unspecified atom stereocenters. The van der Waals surface area contributed by atoms with Gasteiger partial charge in [0.25, 0.3) is 5.91 Å². The predicted molar refractivity (Wildman–Crippen MR) is 172 cm³/mol. The van der Waals surface area contributed by atoms with E-state index in [4.69, 9.17) is 4.74 Å². The van der Waals surface area contributed by atoms with Crippen LogP contribution in [0.2, 0.25) is 0 Å². The molecule has 1 fully saturated rings. The number of hydrogen-bond donors (Lipinski definition) is 6. The van der Waals surface area contributed by atoms with Crippen molar-refractivity contribution in [2.75, 3.05) is 42.1 Å². The van der Waals surface area contributed by atoms with Crippen molar-refractivity contribution in [2.24, 2.45) is 0 Å². The average molecular weight is 651 g/mol. The van der Waals surface area contributed by atoms with Crippen LogP contribution in [0.25, 0.3) is 0 Å². The summed E-state index contributed by atoms with van der Waals surface area (Å²) in [6, 6.07) is 16.7. The maximum atomic E-state index is 13.8. The molecule has 1 saturated heterocycles. The number of benzene rings is 3. The van der Waals surface area contributed by atoms with Gasteiger partial charge in [0, 0.05) is 31.7 Å². The Labute approximate surface area is 263 Å². The van der Waals surface area contributed by atoms with Crippen LogP contribution in [0.1, 0.15) is 46.8 Å². The zero-order valence-corrected chi connectivity index (χ0v) is 26.1. The summed E-state index contributed by atoms with van der Waals surface area (Å²) in [5.74, 6) is 0.0986. The molecule has 0 aliphatic carbocycles. The van der Waals surface area contributed by atoms with Crippen LogP contribution in [-0.2, 0) is 19.1 Å². The lowest BCUT2D eigenvalue weighted by molar-refractivity contribution is -0.137. The highest BCUT2D eigenvalue weighted by molar-refractivity contribution is 8.25. The van der Waals surface area contributed by atoms with E-state index in [1.54, 1.807) is 18.2 Å². The van der Waals surface area contributed by atoms with Crippen molar-refractivity contribution >= 4 is 28.1 Å². The summed E-state index contributed by atoms with van der Waals surface area (Å²) in [4.78, 5) is 13.8. The number of aliphatic hydroxyl groups excluding tert-OH is 1. The number of ether oxygens (including phenoxy) is 1. The Hall–Kier alpha value is -3.49. The second kappa shape index (κ2) is 15.2. The molecule has 0 radical (unpaired) electrons. The van der Waals surface area contributed by atoms with Crippen LogP contribution >= 0.6 is 10.8 Å². The molecule has 3 aromatic carbocycles. The minimum absolute atomic E-state index is 0.000783. The number of aliphatic hydroxyl groups is 1. The molecule has 4 rings (SSSR count). The van der Waals surface area contributed by atoms with E-state index in [0.717, 1.165) is 24.1 Å². The molecule has 13 heteroatoms. The van der Waals surface area contributed by atoms with E-state index in [2.05, 4.69) is 16.0 Å². The van der Waals surface area contributed by atoms with Crippen molar-refractivity contribution in [1.29, 1.82) is 0 Å². The monoisotopic (exact) mass is 650 g/mol. The second-order valence-corrected chi connectivity index (χ2v) is 13.0. The van der Waals surface area contributed by atoms with Crippen LogP contribution in [0.3, 0.4) is 0 Å². The van der Waals surface area contributed by atoms with Gasteiger partial charge in [0.15, 0.2) is 5.75 Å². The number of carbonyl (C=O) groups is 1. The Kier molecular flexibility index (Phi) is 11.6. The summed E-state index contributed by atoms with van der Waals surface area (Å²) in [7, 11) is -1.64. The van der Waals surface area contributed by atoms with Crippen LogP contribution in [-0.4, -0.2) is 64.8 Å². The smallest absolute Gasteiger partial charge is 0.416 e. The van der Waals surface area contributed by atoms with Crippen molar-refractivity contribution in [1.82, 2.24) is 10.6 Å². The summed E-state index contributed by atoms with van der Waals surface area (Å²) in [5.41, 5.74) is 1.63. The lowest BCUT2D eigenvalue weighted by atomic mass is 10.00. The first kappa shape index (κ1) is 34.4. The van der Waals surface area contributed by atoms with Gasteiger partial charge in [-0.3, -0.25) is 18.2 Å². The fraction of sp³-hybridized carbons (Fsp3) is 0.406. The molecule has 9 nitrogen and oxygen atoms in total. The number of amides is 1. The van der Waals surface area contributed by atoms with E-state index in [0.29, 0.717) is 42.2 Å². The van der Waals surface area contributed by atoms with Gasteiger partial charge in [0.05, 0.1) is 36.3 Å². The largest absolute Gasteiger partial charge is 0.492 e. The number of rotatable bonds is 13. The lowest BCUT2D eigenvalue weighted by Gasteiger charge is -2.47. The molecule has 246 valence electrons. The van der Waals surface area contributed by atoms with Crippen molar-refractivity contribution in [3.05, 3.63) is 89.0 Å². The fourth-order valence-corrected chi connectivity index (χ4v) is 7.00. The summed E-state index contributed by atoms with van der Waals surface area (Å²) in [6.45, 7) is 2.87. The van der Waals surface area contributed by atoms with Gasteiger partial charge in [-0.1, -0.05) is 48.5 Å². The van der Waals surface area contributed by atoms with E-state index < -0.39 is 40.6 Å². The zero-order valence-electron chi connectivity index (χ0n) is 25.3. The van der Waals surface area contributed by atoms with Crippen LogP contribution in [0.5, 0.6) is 5.75 Å². The molecule has 0 spiro atoms. The minimum atomic E-state index is -4.46. The molecule has 1 aliphatic heterocycles. The van der Waals surface area contributed by atoms with Gasteiger partial charge in [0.1, 0.15) is 5.69 Å². The standard InChI is InChI=1S/C32H41F3N4O5S/c1-3-37-27-18-24(19-28(30(27)44-2)39-14-7-8-15-45(39,42)43)31(41)38-26(17-22-10-5-4-6-11-22)29(40)21-36-20-23-12-9-13-25(16-23)32(33,34)35/h4-6,9-13,16,18-19,26,29,36-37,40,42-43H,3,7-8,14-15,17,20-21H2,1-2H3,(H,38,41)/t26-,29-/m0/s1. The molecule has 0 aromatic heterocycles. The van der Waals surface area contributed by atoms with Crippen LogP contribution in [0.15, 0.2) is 66.7 Å². The van der Waals surface area contributed by atoms with Gasteiger partial charge < -0.3 is 25.8 Å². The summed E-state index contributed by atoms with van der Waals surface area (Å²) < 4.78 is 68.3. The molecule has 1 aliphatic rings. The summed E-state index contributed by atoms with van der Waals surface area (Å²) in [6.07, 6.45) is -3.86. The molecular weight excluding hydrogens is 609 g/mol. The van der Waals surface area contributed by atoms with E-state index in [9.17, 15) is 32.2 Å². The van der Waals surface area contributed by atoms with E-state index in [1.165, 1.54) is 17.5 Å². The second-order valence-electron chi connectivity index (χ2n) is 10.9. The summed E-state index contributed by atoms with van der Waals surface area (Å²) >= 11 is 0. The number of nitrogens with zero attached hydrogens (tertiary/aromatic N) is 1. The Morgan fingerprint density at radius 3 is 2.44 bits per heavy atom. The topological polar surface area (TPSA) is 126 Å². The first-order valence-electron chi connectivity index (χ1n) is 14.8. The van der Waals surface area contributed by atoms with Crippen molar-refractivity contribution < 1.29 is 36.9 Å². The van der Waals surface area contributed by atoms with Crippen molar-refractivity contribution in [2.45, 2.75) is 51.1 Å². The molecule has 6 N–H and O–H groups in total. The highest BCUT2D eigenvalue weighted by Crippen LogP contribution is 2.53. The first-order chi connectivity index (χ1) is 21.4. The van der Waals surface area contributed by atoms with Crippen molar-refractivity contribution in [3.63, 3.8) is 0 Å². The molecule has 2 atom stereocenters. The highest BCUT2D eigenvalue weighted by Gasteiger charge is 2.32. The quantitative estimate of drug-likeness (QED) is 0.135. The van der Waals surface area contributed by atoms with Crippen LogP contribution in [0.4, 0.5) is 24.5 Å². The zero-order chi connectivity index (χ0) is 32.6. The molecule has 45 heavy (non-hydrogen) atoms. The Morgan fingerprint density at radius 2 is 1.78 bits per heavy atom. The third-order valence-electron chi connectivity index (χ3n) is 7.57. The van der Waals surface area contributed by atoms with Crippen molar-refractivity contribution in [3.8, 4) is 5.75 Å². The third-order valence-corrected chi connectivity index (χ3v) is 9.49. The van der Waals surface area contributed by atoms with E-state index in [1.807, 2.05) is 37.3 Å². The van der Waals surface area contributed by atoms with Gasteiger partial charge in [-0.25, -0.2) is 0 Å². The predicted octanol–water partition coefficient (Wildman–Crippen LogP) is 5.90. The fourth-order valence-electron chi connectivity index (χ4n) is 5.32. The molecule has 0 saturated carbocycles. The number of carbonyl (C=O) groups excluding carboxylic acids is 1. The van der Waals surface area contributed by atoms with Gasteiger partial charge in [0.2, 0.25) is 0 Å². The lowest BCUT2D eigenvalue weighted by Crippen LogP contribution is -2.48. The molecule has 1 heterocycles. The highest BCUT2D eigenvalue weighted by atomic mass is 32.3. The summed E-state index contributed by atoms with van der Waals surface area (Å²) in [5, 5.41) is 20.3. The molecule has 0 bridgehead atoms. The number of hydrogen-bond acceptors (Lipinski definition) is 8. The Morgan fingerprint density at radius 1 is 1.04 bits per heavy atom. The molecule has 3 aromatic rings. The van der Waals surface area contributed by atoms with Crippen LogP contribution < -0.4 is 25.0 Å². The van der Waals surface area contributed by atoms with Gasteiger partial charge in [-0.15, -0.1) is 10.8 Å². The minimum Gasteiger partial charge on any atom is -0.492 e. The number of nitrogens with one attached hydrogen (secondary N) is 3.